The highest BCUT2D eigenvalue weighted by Gasteiger charge is 2.07. The van der Waals surface area contributed by atoms with Gasteiger partial charge in [0.05, 0.1) is 11.0 Å². The van der Waals surface area contributed by atoms with Gasteiger partial charge >= 0.3 is 0 Å². The number of hydrogen-bond acceptors (Lipinski definition) is 3. The molecule has 0 amide bonds. The van der Waals surface area contributed by atoms with Crippen molar-refractivity contribution in [1.29, 1.82) is 0 Å². The summed E-state index contributed by atoms with van der Waals surface area (Å²) in [5.41, 5.74) is 3.41. The van der Waals surface area contributed by atoms with Crippen molar-refractivity contribution in [3.8, 4) is 0 Å². The normalized spacial score (nSPS) is 12.6. The van der Waals surface area contributed by atoms with E-state index in [0.29, 0.717) is 6.04 Å². The third kappa shape index (κ3) is 3.34. The first kappa shape index (κ1) is 14.7. The Bertz CT molecular complexity index is 733. The molecule has 0 aliphatic heterocycles. The molecule has 114 valence electrons. The van der Waals surface area contributed by atoms with Gasteiger partial charge in [0.2, 0.25) is 0 Å². The number of imidazole rings is 1. The minimum atomic E-state index is 0.407. The summed E-state index contributed by atoms with van der Waals surface area (Å²) >= 11 is 0. The van der Waals surface area contributed by atoms with Gasteiger partial charge in [0.15, 0.2) is 0 Å². The van der Waals surface area contributed by atoms with Crippen LogP contribution in [0.1, 0.15) is 18.4 Å². The fourth-order valence-corrected chi connectivity index (χ4v) is 2.81. The van der Waals surface area contributed by atoms with E-state index in [2.05, 4.69) is 58.0 Å². The number of nitrogens with one attached hydrogen (secondary N) is 1. The predicted molar refractivity (Wildman–Crippen MR) is 89.9 cm³/mol. The molecule has 0 bridgehead atoms. The van der Waals surface area contributed by atoms with Crippen LogP contribution >= 0.6 is 0 Å². The van der Waals surface area contributed by atoms with Crippen LogP contribution in [0, 0.1) is 6.92 Å². The lowest BCUT2D eigenvalue weighted by molar-refractivity contribution is 0.509. The predicted octanol–water partition coefficient (Wildman–Crippen LogP) is 2.96. The van der Waals surface area contributed by atoms with Gasteiger partial charge in [-0.15, -0.1) is 0 Å². The summed E-state index contributed by atoms with van der Waals surface area (Å²) in [5.74, 6) is 1.07. The van der Waals surface area contributed by atoms with E-state index >= 15 is 0 Å². The first-order chi connectivity index (χ1) is 10.7. The summed E-state index contributed by atoms with van der Waals surface area (Å²) < 4.78 is 2.27. The molecule has 22 heavy (non-hydrogen) atoms. The van der Waals surface area contributed by atoms with Crippen LogP contribution in [0.25, 0.3) is 11.0 Å². The molecule has 0 saturated carbocycles. The molecule has 1 unspecified atom stereocenters. The number of aromatic nitrogens is 3. The summed E-state index contributed by atoms with van der Waals surface area (Å²) in [6, 6.07) is 14.8. The lowest BCUT2D eigenvalue weighted by Gasteiger charge is -2.14. The van der Waals surface area contributed by atoms with Crippen LogP contribution in [0.2, 0.25) is 0 Å². The van der Waals surface area contributed by atoms with Crippen LogP contribution in [-0.4, -0.2) is 27.1 Å². The van der Waals surface area contributed by atoms with Gasteiger partial charge in [0.1, 0.15) is 5.82 Å². The third-order valence-corrected chi connectivity index (χ3v) is 3.92. The van der Waals surface area contributed by atoms with E-state index in [1.165, 1.54) is 5.52 Å². The van der Waals surface area contributed by atoms with Gasteiger partial charge in [-0.1, -0.05) is 18.2 Å². The Morgan fingerprint density at radius 2 is 1.95 bits per heavy atom. The second-order valence-electron chi connectivity index (χ2n) is 5.68. The van der Waals surface area contributed by atoms with Crippen molar-refractivity contribution in [3.05, 3.63) is 60.2 Å². The van der Waals surface area contributed by atoms with Gasteiger partial charge in [0.25, 0.3) is 0 Å². The summed E-state index contributed by atoms with van der Waals surface area (Å²) in [7, 11) is 0. The number of rotatable bonds is 6. The largest absolute Gasteiger partial charge is 0.327 e. The van der Waals surface area contributed by atoms with Gasteiger partial charge < -0.3 is 9.88 Å². The van der Waals surface area contributed by atoms with Crippen LogP contribution in [0.15, 0.2) is 48.7 Å². The molecule has 3 rings (SSSR count). The molecule has 1 aromatic carbocycles. The number of nitrogens with zero attached hydrogens (tertiary/aromatic N) is 3. The van der Waals surface area contributed by atoms with Gasteiger partial charge in [0, 0.05) is 37.4 Å². The maximum absolute atomic E-state index is 4.60. The molecule has 0 saturated heterocycles. The minimum Gasteiger partial charge on any atom is -0.327 e. The smallest absolute Gasteiger partial charge is 0.106 e. The summed E-state index contributed by atoms with van der Waals surface area (Å²) in [5, 5.41) is 3.57. The first-order valence-electron chi connectivity index (χ1n) is 7.79. The number of pyridine rings is 1. The molecule has 1 atom stereocenters. The van der Waals surface area contributed by atoms with E-state index < -0.39 is 0 Å². The molecular formula is C18H22N4. The molecule has 2 aromatic heterocycles. The maximum atomic E-state index is 4.60. The van der Waals surface area contributed by atoms with Crippen molar-refractivity contribution < 1.29 is 0 Å². The lowest BCUT2D eigenvalue weighted by atomic mass is 10.1. The van der Waals surface area contributed by atoms with Crippen molar-refractivity contribution in [1.82, 2.24) is 19.9 Å². The van der Waals surface area contributed by atoms with Crippen LogP contribution in [0.3, 0.4) is 0 Å². The Labute approximate surface area is 131 Å². The van der Waals surface area contributed by atoms with Crippen molar-refractivity contribution in [2.45, 2.75) is 32.9 Å². The van der Waals surface area contributed by atoms with Gasteiger partial charge in [-0.25, -0.2) is 4.98 Å². The number of hydrogen-bond donors (Lipinski definition) is 1. The number of fused-ring (bicyclic) bond motifs is 1. The summed E-state index contributed by atoms with van der Waals surface area (Å²) in [4.78, 5) is 8.98. The quantitative estimate of drug-likeness (QED) is 0.760. The zero-order chi connectivity index (χ0) is 15.4. The van der Waals surface area contributed by atoms with Crippen molar-refractivity contribution in [3.63, 3.8) is 0 Å². The number of benzene rings is 1. The summed E-state index contributed by atoms with van der Waals surface area (Å²) in [6.45, 7) is 6.12. The van der Waals surface area contributed by atoms with Crippen molar-refractivity contribution in [2.24, 2.45) is 0 Å². The van der Waals surface area contributed by atoms with E-state index in [-0.39, 0.29) is 0 Å². The molecule has 1 N–H and O–H groups in total. The Balaban J connectivity index is 1.57. The standard InChI is InChI=1S/C18H22N4/c1-14(13-16-7-5-6-10-20-16)19-11-12-22-15(2)21-17-8-3-4-9-18(17)22/h3-10,14,19H,11-13H2,1-2H3. The molecule has 2 heterocycles. The van der Waals surface area contributed by atoms with Crippen LogP contribution in [-0.2, 0) is 13.0 Å². The fourth-order valence-electron chi connectivity index (χ4n) is 2.81. The first-order valence-corrected chi connectivity index (χ1v) is 7.79. The van der Waals surface area contributed by atoms with E-state index in [1.54, 1.807) is 0 Å². The topological polar surface area (TPSA) is 42.7 Å². The monoisotopic (exact) mass is 294 g/mol. The SMILES string of the molecule is Cc1nc2ccccc2n1CCNC(C)Cc1ccccn1. The second kappa shape index (κ2) is 6.71. The zero-order valence-electron chi connectivity index (χ0n) is 13.2. The van der Waals surface area contributed by atoms with E-state index in [0.717, 1.165) is 36.5 Å². The molecule has 0 radical (unpaired) electrons. The van der Waals surface area contributed by atoms with Gasteiger partial charge in [-0.2, -0.15) is 0 Å². The van der Waals surface area contributed by atoms with Crippen molar-refractivity contribution in [2.75, 3.05) is 6.54 Å². The molecule has 4 heteroatoms. The molecule has 4 nitrogen and oxygen atoms in total. The Hall–Kier alpha value is -2.20. The highest BCUT2D eigenvalue weighted by atomic mass is 15.1. The second-order valence-corrected chi connectivity index (χ2v) is 5.68. The van der Waals surface area contributed by atoms with E-state index in [1.807, 2.05) is 24.4 Å². The van der Waals surface area contributed by atoms with Gasteiger partial charge in [-0.05, 0) is 38.1 Å². The minimum absolute atomic E-state index is 0.407. The molecule has 0 fully saturated rings. The lowest BCUT2D eigenvalue weighted by Crippen LogP contribution is -2.31. The third-order valence-electron chi connectivity index (χ3n) is 3.92. The molecular weight excluding hydrogens is 272 g/mol. The highest BCUT2D eigenvalue weighted by Crippen LogP contribution is 2.14. The number of aryl methyl sites for hydroxylation is 1. The Morgan fingerprint density at radius 3 is 2.77 bits per heavy atom. The van der Waals surface area contributed by atoms with E-state index in [9.17, 15) is 0 Å². The van der Waals surface area contributed by atoms with Gasteiger partial charge in [-0.3, -0.25) is 4.98 Å². The maximum Gasteiger partial charge on any atom is 0.106 e. The Kier molecular flexibility index (Phi) is 4.49. The molecule has 0 aliphatic rings. The molecule has 3 aromatic rings. The average molecular weight is 294 g/mol. The molecule has 0 spiro atoms. The Morgan fingerprint density at radius 1 is 1.14 bits per heavy atom. The zero-order valence-corrected chi connectivity index (χ0v) is 13.2. The van der Waals surface area contributed by atoms with Crippen molar-refractivity contribution >= 4 is 11.0 Å². The molecule has 0 aliphatic carbocycles. The number of para-hydroxylation sites is 2. The fraction of sp³-hybridized carbons (Fsp3) is 0.333. The van der Waals surface area contributed by atoms with Crippen LogP contribution in [0.4, 0.5) is 0 Å². The van der Waals surface area contributed by atoms with Crippen LogP contribution in [0.5, 0.6) is 0 Å². The summed E-state index contributed by atoms with van der Waals surface area (Å²) in [6.07, 6.45) is 2.80. The van der Waals surface area contributed by atoms with E-state index in [4.69, 9.17) is 0 Å². The highest BCUT2D eigenvalue weighted by molar-refractivity contribution is 5.75. The van der Waals surface area contributed by atoms with Crippen LogP contribution < -0.4 is 5.32 Å². The average Bonchev–Trinajstić information content (AvgIpc) is 2.84.